The summed E-state index contributed by atoms with van der Waals surface area (Å²) in [6.07, 6.45) is 4.29. The van der Waals surface area contributed by atoms with Crippen molar-refractivity contribution in [3.8, 4) is 11.3 Å². The van der Waals surface area contributed by atoms with Gasteiger partial charge in [0.2, 0.25) is 5.89 Å². The summed E-state index contributed by atoms with van der Waals surface area (Å²) in [5, 5.41) is 3.27. The first-order valence-corrected chi connectivity index (χ1v) is 6.02. The molecular formula is C13H18N2O2. The molecule has 0 aromatic carbocycles. The molecule has 17 heavy (non-hydrogen) atoms. The van der Waals surface area contributed by atoms with Crippen LogP contribution in [0.3, 0.4) is 0 Å². The van der Waals surface area contributed by atoms with Gasteiger partial charge in [-0.25, -0.2) is 4.98 Å². The maximum atomic E-state index is 5.75. The summed E-state index contributed by atoms with van der Waals surface area (Å²) in [7, 11) is 0. The molecule has 0 saturated carbocycles. The van der Waals surface area contributed by atoms with Crippen LogP contribution in [0.15, 0.2) is 27.4 Å². The van der Waals surface area contributed by atoms with Crippen LogP contribution in [-0.4, -0.2) is 11.5 Å². The molecule has 1 N–H and O–H groups in total. The predicted octanol–water partition coefficient (Wildman–Crippen LogP) is 3.17. The largest absolute Gasteiger partial charge is 0.469 e. The van der Waals surface area contributed by atoms with E-state index >= 15 is 0 Å². The maximum absolute atomic E-state index is 5.75. The van der Waals surface area contributed by atoms with E-state index in [1.807, 2.05) is 13.0 Å². The Balaban J connectivity index is 2.23. The van der Waals surface area contributed by atoms with Crippen LogP contribution in [0.2, 0.25) is 0 Å². The minimum Gasteiger partial charge on any atom is -0.469 e. The zero-order valence-corrected chi connectivity index (χ0v) is 10.5. The molecule has 0 saturated heterocycles. The van der Waals surface area contributed by atoms with Crippen molar-refractivity contribution in [2.75, 3.05) is 6.54 Å². The molecule has 4 heteroatoms. The van der Waals surface area contributed by atoms with E-state index in [4.69, 9.17) is 8.83 Å². The summed E-state index contributed by atoms with van der Waals surface area (Å²) in [4.78, 5) is 4.30. The van der Waals surface area contributed by atoms with Crippen LogP contribution in [-0.2, 0) is 6.42 Å². The molecule has 0 amide bonds. The van der Waals surface area contributed by atoms with Gasteiger partial charge in [-0.1, -0.05) is 13.8 Å². The van der Waals surface area contributed by atoms with Gasteiger partial charge in [0.25, 0.3) is 0 Å². The first kappa shape index (κ1) is 11.9. The SMILES string of the molecule is CCNC(C)c1ncc(-c2ccoc2CC)o1. The second kappa shape index (κ2) is 5.19. The van der Waals surface area contributed by atoms with E-state index in [1.54, 1.807) is 12.5 Å². The molecule has 0 aliphatic carbocycles. The number of hydrogen-bond acceptors (Lipinski definition) is 4. The third-order valence-corrected chi connectivity index (χ3v) is 2.74. The van der Waals surface area contributed by atoms with E-state index in [0.717, 1.165) is 30.0 Å². The third kappa shape index (κ3) is 2.42. The van der Waals surface area contributed by atoms with Crippen molar-refractivity contribution >= 4 is 0 Å². The van der Waals surface area contributed by atoms with Crippen LogP contribution in [0.4, 0.5) is 0 Å². The molecule has 0 fully saturated rings. The van der Waals surface area contributed by atoms with E-state index < -0.39 is 0 Å². The third-order valence-electron chi connectivity index (χ3n) is 2.74. The Bertz CT molecular complexity index is 473. The monoisotopic (exact) mass is 234 g/mol. The summed E-state index contributed by atoms with van der Waals surface area (Å²) in [5.41, 5.74) is 0.995. The molecule has 92 valence electrons. The van der Waals surface area contributed by atoms with Crippen LogP contribution in [0.1, 0.15) is 38.5 Å². The minimum absolute atomic E-state index is 0.130. The molecular weight excluding hydrogens is 216 g/mol. The highest BCUT2D eigenvalue weighted by molar-refractivity contribution is 5.58. The molecule has 2 aromatic heterocycles. The number of aryl methyl sites for hydroxylation is 1. The number of nitrogens with zero attached hydrogens (tertiary/aromatic N) is 1. The van der Waals surface area contributed by atoms with Gasteiger partial charge in [0.05, 0.1) is 24.1 Å². The van der Waals surface area contributed by atoms with E-state index in [-0.39, 0.29) is 6.04 Å². The zero-order chi connectivity index (χ0) is 12.3. The Morgan fingerprint density at radius 2 is 2.24 bits per heavy atom. The van der Waals surface area contributed by atoms with Crippen molar-refractivity contribution in [2.24, 2.45) is 0 Å². The van der Waals surface area contributed by atoms with Gasteiger partial charge in [-0.2, -0.15) is 0 Å². The molecule has 1 unspecified atom stereocenters. The molecule has 0 bridgehead atoms. The summed E-state index contributed by atoms with van der Waals surface area (Å²) in [5.74, 6) is 2.42. The molecule has 4 nitrogen and oxygen atoms in total. The van der Waals surface area contributed by atoms with Gasteiger partial charge in [-0.3, -0.25) is 0 Å². The molecule has 0 spiro atoms. The Morgan fingerprint density at radius 1 is 1.41 bits per heavy atom. The second-order valence-corrected chi connectivity index (χ2v) is 3.95. The topological polar surface area (TPSA) is 51.2 Å². The standard InChI is InChI=1S/C13H18N2O2/c1-4-11-10(6-7-16-11)12-8-15-13(17-12)9(3)14-5-2/h6-9,14H,4-5H2,1-3H3. The average molecular weight is 234 g/mol. The number of aromatic nitrogens is 1. The van der Waals surface area contributed by atoms with Gasteiger partial charge >= 0.3 is 0 Å². The Hall–Kier alpha value is -1.55. The molecule has 0 aliphatic heterocycles. The highest BCUT2D eigenvalue weighted by atomic mass is 16.4. The average Bonchev–Trinajstić information content (AvgIpc) is 2.97. The fraction of sp³-hybridized carbons (Fsp3) is 0.462. The highest BCUT2D eigenvalue weighted by Gasteiger charge is 2.15. The minimum atomic E-state index is 0.130. The van der Waals surface area contributed by atoms with Gasteiger partial charge in [-0.15, -0.1) is 0 Å². The van der Waals surface area contributed by atoms with Crippen LogP contribution in [0.25, 0.3) is 11.3 Å². The van der Waals surface area contributed by atoms with Crippen LogP contribution >= 0.6 is 0 Å². The van der Waals surface area contributed by atoms with Crippen molar-refractivity contribution in [1.82, 2.24) is 10.3 Å². The Morgan fingerprint density at radius 3 is 2.94 bits per heavy atom. The van der Waals surface area contributed by atoms with Gasteiger partial charge in [-0.05, 0) is 19.5 Å². The number of hydrogen-bond donors (Lipinski definition) is 1. The van der Waals surface area contributed by atoms with Gasteiger partial charge in [0, 0.05) is 6.42 Å². The van der Waals surface area contributed by atoms with Gasteiger partial charge < -0.3 is 14.2 Å². The lowest BCUT2D eigenvalue weighted by Gasteiger charge is -2.06. The van der Waals surface area contributed by atoms with Crippen LogP contribution in [0.5, 0.6) is 0 Å². The van der Waals surface area contributed by atoms with Crippen molar-refractivity contribution in [3.05, 3.63) is 30.2 Å². The fourth-order valence-electron chi connectivity index (χ4n) is 1.84. The number of rotatable bonds is 5. The quantitative estimate of drug-likeness (QED) is 0.863. The first-order chi connectivity index (χ1) is 8.26. The first-order valence-electron chi connectivity index (χ1n) is 6.02. The molecule has 2 rings (SSSR count). The number of oxazole rings is 1. The number of nitrogens with one attached hydrogen (secondary N) is 1. The van der Waals surface area contributed by atoms with E-state index in [0.29, 0.717) is 5.89 Å². The Kier molecular flexibility index (Phi) is 3.64. The van der Waals surface area contributed by atoms with E-state index in [2.05, 4.69) is 24.1 Å². The highest BCUT2D eigenvalue weighted by Crippen LogP contribution is 2.27. The lowest BCUT2D eigenvalue weighted by Crippen LogP contribution is -2.17. The van der Waals surface area contributed by atoms with Crippen molar-refractivity contribution < 1.29 is 8.83 Å². The summed E-state index contributed by atoms with van der Waals surface area (Å²) < 4.78 is 11.1. The molecule has 0 radical (unpaired) electrons. The van der Waals surface area contributed by atoms with E-state index in [1.165, 1.54) is 0 Å². The lowest BCUT2D eigenvalue weighted by molar-refractivity contribution is 0.427. The normalized spacial score (nSPS) is 12.9. The van der Waals surface area contributed by atoms with Gasteiger partial charge in [0.15, 0.2) is 5.76 Å². The second-order valence-electron chi connectivity index (χ2n) is 3.95. The summed E-state index contributed by atoms with van der Waals surface area (Å²) in [6.45, 7) is 7.05. The molecule has 1 atom stereocenters. The zero-order valence-electron chi connectivity index (χ0n) is 10.5. The summed E-state index contributed by atoms with van der Waals surface area (Å²) >= 11 is 0. The lowest BCUT2D eigenvalue weighted by atomic mass is 10.2. The number of furan rings is 1. The molecule has 2 heterocycles. The fourth-order valence-corrected chi connectivity index (χ4v) is 1.84. The van der Waals surface area contributed by atoms with Crippen molar-refractivity contribution in [2.45, 2.75) is 33.2 Å². The molecule has 0 aliphatic rings. The van der Waals surface area contributed by atoms with Gasteiger partial charge in [0.1, 0.15) is 5.76 Å². The maximum Gasteiger partial charge on any atom is 0.211 e. The summed E-state index contributed by atoms with van der Waals surface area (Å²) in [6, 6.07) is 2.05. The van der Waals surface area contributed by atoms with Crippen molar-refractivity contribution in [1.29, 1.82) is 0 Å². The van der Waals surface area contributed by atoms with E-state index in [9.17, 15) is 0 Å². The van der Waals surface area contributed by atoms with Crippen molar-refractivity contribution in [3.63, 3.8) is 0 Å². The Labute approximate surface area is 101 Å². The van der Waals surface area contributed by atoms with Crippen LogP contribution < -0.4 is 5.32 Å². The smallest absolute Gasteiger partial charge is 0.211 e. The predicted molar refractivity (Wildman–Crippen MR) is 65.7 cm³/mol. The van der Waals surface area contributed by atoms with Crippen LogP contribution in [0, 0.1) is 0 Å². The molecule has 2 aromatic rings.